The van der Waals surface area contributed by atoms with Gasteiger partial charge in [-0.05, 0) is 17.2 Å². The number of nitrogens with zero attached hydrogens (tertiary/aromatic N) is 4. The van der Waals surface area contributed by atoms with Crippen LogP contribution in [-0.4, -0.2) is 44.0 Å². The van der Waals surface area contributed by atoms with Crippen LogP contribution in [0, 0.1) is 0 Å². The van der Waals surface area contributed by atoms with Crippen LogP contribution in [-0.2, 0) is 13.1 Å². The Balaban J connectivity index is 1.98. The van der Waals surface area contributed by atoms with Crippen LogP contribution in [0.25, 0.3) is 0 Å². The van der Waals surface area contributed by atoms with E-state index in [0.29, 0.717) is 6.54 Å². The molecule has 0 saturated carbocycles. The topological polar surface area (TPSA) is 43.8 Å². The normalized spacial score (nSPS) is 11.2. The Morgan fingerprint density at radius 3 is 2.30 bits per heavy atom. The summed E-state index contributed by atoms with van der Waals surface area (Å²) in [5, 5.41) is 3.38. The summed E-state index contributed by atoms with van der Waals surface area (Å²) in [7, 11) is 7.95. The molecule has 0 atom stereocenters. The van der Waals surface area contributed by atoms with Crippen molar-refractivity contribution in [2.24, 2.45) is 4.99 Å². The molecule has 0 bridgehead atoms. The van der Waals surface area contributed by atoms with Gasteiger partial charge in [-0.25, -0.2) is 9.98 Å². The predicted octanol–water partition coefficient (Wildman–Crippen LogP) is 2.35. The number of benzene rings is 1. The third-order valence-corrected chi connectivity index (χ3v) is 3.40. The number of anilines is 1. The molecule has 5 heteroatoms. The number of hydrogen-bond donors (Lipinski definition) is 1. The molecule has 2 rings (SSSR count). The Morgan fingerprint density at radius 1 is 1.00 bits per heavy atom. The van der Waals surface area contributed by atoms with Gasteiger partial charge in [0.15, 0.2) is 5.96 Å². The van der Waals surface area contributed by atoms with Gasteiger partial charge in [-0.2, -0.15) is 0 Å². The standard InChI is InChI=1S/C18H25N5/c1-22(2)17-11-10-16(13-19-17)14-21-18(23(3)4)20-12-15-8-6-5-7-9-15/h5-11,13H,12,14H2,1-4H3,(H,20,21). The Labute approximate surface area is 138 Å². The molecule has 2 aromatic rings. The summed E-state index contributed by atoms with van der Waals surface area (Å²) in [4.78, 5) is 13.1. The molecule has 5 nitrogen and oxygen atoms in total. The highest BCUT2D eigenvalue weighted by Gasteiger charge is 2.03. The van der Waals surface area contributed by atoms with Crippen molar-refractivity contribution in [1.29, 1.82) is 0 Å². The van der Waals surface area contributed by atoms with Gasteiger partial charge in [0.05, 0.1) is 6.54 Å². The third-order valence-electron chi connectivity index (χ3n) is 3.40. The smallest absolute Gasteiger partial charge is 0.194 e. The predicted molar refractivity (Wildman–Crippen MR) is 96.7 cm³/mol. The van der Waals surface area contributed by atoms with Gasteiger partial charge in [0, 0.05) is 40.9 Å². The fraction of sp³-hybridized carbons (Fsp3) is 0.333. The number of rotatable bonds is 5. The maximum Gasteiger partial charge on any atom is 0.194 e. The van der Waals surface area contributed by atoms with Crippen LogP contribution in [0.1, 0.15) is 11.1 Å². The number of pyridine rings is 1. The average molecular weight is 311 g/mol. The van der Waals surface area contributed by atoms with Gasteiger partial charge in [-0.15, -0.1) is 0 Å². The van der Waals surface area contributed by atoms with Gasteiger partial charge in [0.25, 0.3) is 0 Å². The number of aliphatic imine (C=N–C) groups is 1. The summed E-state index contributed by atoms with van der Waals surface area (Å²) in [6, 6.07) is 14.4. The first-order valence-electron chi connectivity index (χ1n) is 7.68. The van der Waals surface area contributed by atoms with E-state index in [1.165, 1.54) is 5.56 Å². The maximum atomic E-state index is 4.66. The molecular formula is C18H25N5. The molecule has 0 fully saturated rings. The Kier molecular flexibility index (Phi) is 5.97. The number of aromatic nitrogens is 1. The monoisotopic (exact) mass is 311 g/mol. The van der Waals surface area contributed by atoms with E-state index in [4.69, 9.17) is 0 Å². The second kappa shape index (κ2) is 8.17. The van der Waals surface area contributed by atoms with Crippen molar-refractivity contribution in [3.8, 4) is 0 Å². The minimum absolute atomic E-state index is 0.607. The van der Waals surface area contributed by atoms with Crippen LogP contribution in [0.15, 0.2) is 53.7 Å². The highest BCUT2D eigenvalue weighted by Crippen LogP contribution is 2.08. The molecule has 0 radical (unpaired) electrons. The van der Waals surface area contributed by atoms with E-state index in [-0.39, 0.29) is 0 Å². The van der Waals surface area contributed by atoms with Crippen LogP contribution in [0.4, 0.5) is 5.82 Å². The molecule has 0 aliphatic rings. The highest BCUT2D eigenvalue weighted by molar-refractivity contribution is 5.79. The fourth-order valence-electron chi connectivity index (χ4n) is 2.07. The highest BCUT2D eigenvalue weighted by atomic mass is 15.3. The van der Waals surface area contributed by atoms with Crippen LogP contribution in [0.5, 0.6) is 0 Å². The first-order valence-corrected chi connectivity index (χ1v) is 7.68. The van der Waals surface area contributed by atoms with E-state index >= 15 is 0 Å². The largest absolute Gasteiger partial charge is 0.363 e. The minimum Gasteiger partial charge on any atom is -0.363 e. The Bertz CT molecular complexity index is 618. The lowest BCUT2D eigenvalue weighted by Crippen LogP contribution is -2.36. The molecule has 0 aliphatic heterocycles. The van der Waals surface area contributed by atoms with Crippen molar-refractivity contribution >= 4 is 11.8 Å². The molecule has 23 heavy (non-hydrogen) atoms. The lowest BCUT2D eigenvalue weighted by Gasteiger charge is -2.18. The zero-order chi connectivity index (χ0) is 16.7. The van der Waals surface area contributed by atoms with E-state index in [1.54, 1.807) is 0 Å². The lowest BCUT2D eigenvalue weighted by atomic mass is 10.2. The Hall–Kier alpha value is -2.56. The summed E-state index contributed by atoms with van der Waals surface area (Å²) in [5.41, 5.74) is 2.33. The van der Waals surface area contributed by atoms with Crippen LogP contribution in [0.2, 0.25) is 0 Å². The van der Waals surface area contributed by atoms with Crippen molar-refractivity contribution in [3.05, 3.63) is 59.8 Å². The summed E-state index contributed by atoms with van der Waals surface area (Å²) < 4.78 is 0. The second-order valence-electron chi connectivity index (χ2n) is 5.79. The number of guanidine groups is 1. The molecule has 0 amide bonds. The summed E-state index contributed by atoms with van der Waals surface area (Å²) >= 11 is 0. The zero-order valence-corrected chi connectivity index (χ0v) is 14.3. The molecule has 1 N–H and O–H groups in total. The van der Waals surface area contributed by atoms with Gasteiger partial charge >= 0.3 is 0 Å². The van der Waals surface area contributed by atoms with Gasteiger partial charge in [-0.1, -0.05) is 36.4 Å². The molecule has 1 heterocycles. The fourth-order valence-corrected chi connectivity index (χ4v) is 2.07. The van der Waals surface area contributed by atoms with Crippen LogP contribution in [0.3, 0.4) is 0 Å². The van der Waals surface area contributed by atoms with Gasteiger partial charge in [0.2, 0.25) is 0 Å². The summed E-state index contributed by atoms with van der Waals surface area (Å²) in [6.45, 7) is 1.37. The lowest BCUT2D eigenvalue weighted by molar-refractivity contribution is 0.578. The molecule has 1 aromatic heterocycles. The van der Waals surface area contributed by atoms with Crippen molar-refractivity contribution in [2.45, 2.75) is 13.1 Å². The average Bonchev–Trinajstić information content (AvgIpc) is 2.56. The molecule has 0 spiro atoms. The number of hydrogen-bond acceptors (Lipinski definition) is 3. The molecule has 0 unspecified atom stereocenters. The molecule has 1 aromatic carbocycles. The first kappa shape index (κ1) is 16.8. The van der Waals surface area contributed by atoms with E-state index in [9.17, 15) is 0 Å². The van der Waals surface area contributed by atoms with E-state index in [2.05, 4.69) is 33.5 Å². The van der Waals surface area contributed by atoms with E-state index < -0.39 is 0 Å². The zero-order valence-electron chi connectivity index (χ0n) is 14.3. The molecule has 0 saturated heterocycles. The SMILES string of the molecule is CN(C)C(=NCc1ccc(N(C)C)nc1)NCc1ccccc1. The van der Waals surface area contributed by atoms with Gasteiger partial charge < -0.3 is 15.1 Å². The molecule has 0 aliphatic carbocycles. The van der Waals surface area contributed by atoms with Crippen molar-refractivity contribution in [1.82, 2.24) is 15.2 Å². The van der Waals surface area contributed by atoms with Crippen molar-refractivity contribution in [3.63, 3.8) is 0 Å². The summed E-state index contributed by atoms with van der Waals surface area (Å²) in [6.07, 6.45) is 1.88. The minimum atomic E-state index is 0.607. The second-order valence-corrected chi connectivity index (χ2v) is 5.79. The van der Waals surface area contributed by atoms with Gasteiger partial charge in [-0.3, -0.25) is 0 Å². The quantitative estimate of drug-likeness (QED) is 0.680. The maximum absolute atomic E-state index is 4.66. The van der Waals surface area contributed by atoms with Crippen LogP contribution >= 0.6 is 0 Å². The van der Waals surface area contributed by atoms with Crippen LogP contribution < -0.4 is 10.2 Å². The molecular weight excluding hydrogens is 286 g/mol. The number of nitrogens with one attached hydrogen (secondary N) is 1. The van der Waals surface area contributed by atoms with E-state index in [0.717, 1.165) is 23.9 Å². The molecule has 122 valence electrons. The van der Waals surface area contributed by atoms with E-state index in [1.807, 2.05) is 68.5 Å². The van der Waals surface area contributed by atoms with Crippen molar-refractivity contribution in [2.75, 3.05) is 33.1 Å². The Morgan fingerprint density at radius 2 is 1.74 bits per heavy atom. The third kappa shape index (κ3) is 5.29. The van der Waals surface area contributed by atoms with Gasteiger partial charge in [0.1, 0.15) is 5.82 Å². The summed E-state index contributed by atoms with van der Waals surface area (Å²) in [5.74, 6) is 1.82. The van der Waals surface area contributed by atoms with Crippen molar-refractivity contribution < 1.29 is 0 Å². The first-order chi connectivity index (χ1) is 11.1.